The van der Waals surface area contributed by atoms with Crippen molar-refractivity contribution < 1.29 is 39.5 Å². The minimum atomic E-state index is -1.53. The molecule has 8 atom stereocenters. The third kappa shape index (κ3) is 7.64. The Labute approximate surface area is 231 Å². The average molecular weight is 576 g/mol. The van der Waals surface area contributed by atoms with Crippen LogP contribution in [0.3, 0.4) is 0 Å². The third-order valence-electron chi connectivity index (χ3n) is 7.32. The van der Waals surface area contributed by atoms with Crippen molar-refractivity contribution in [3.8, 4) is 0 Å². The number of carbonyl (C=O) groups excluding carboxylic acids is 2. The standard InChI is InChI=1S/C25H38ClN3O8S/c1-13(26)18(22-20(32)19(31)21(33)24(37-22)38-2)28-23(34)16-9-7-14(11-12-29(16)25(35)36)8-10-17(30)27-15-5-3-4-6-15/h7-8,10,13,15-16,18-22,24,31-33H,3-6,9,11-12H2,1-2H3,(H,27,30)(H,28,34)(H,35,36)/b10-8+/t13-,16?,18+,19-,20+,21+,22+,24+/m0/s1. The van der Waals surface area contributed by atoms with Gasteiger partial charge in [0, 0.05) is 18.7 Å². The van der Waals surface area contributed by atoms with Crippen molar-refractivity contribution in [3.05, 3.63) is 23.8 Å². The number of allylic oxidation sites excluding steroid dienone is 1. The van der Waals surface area contributed by atoms with Crippen molar-refractivity contribution in [2.45, 2.75) is 98.8 Å². The molecule has 1 aliphatic carbocycles. The second-order valence-corrected chi connectivity index (χ2v) is 11.6. The molecule has 0 radical (unpaired) electrons. The van der Waals surface area contributed by atoms with Crippen LogP contribution in [-0.2, 0) is 14.3 Å². The number of carboxylic acid groups (broad SMARTS) is 1. The number of amides is 3. The Kier molecular flexibility index (Phi) is 11.3. The van der Waals surface area contributed by atoms with Gasteiger partial charge in [0.2, 0.25) is 11.8 Å². The van der Waals surface area contributed by atoms with Crippen LogP contribution in [0.2, 0.25) is 0 Å². The van der Waals surface area contributed by atoms with Crippen LogP contribution in [0.15, 0.2) is 23.8 Å². The van der Waals surface area contributed by atoms with Gasteiger partial charge in [-0.05, 0) is 44.4 Å². The lowest BCUT2D eigenvalue weighted by atomic mass is 9.93. The zero-order valence-corrected chi connectivity index (χ0v) is 23.1. The van der Waals surface area contributed by atoms with Crippen LogP contribution in [0.5, 0.6) is 0 Å². The molecule has 6 N–H and O–H groups in total. The molecule has 214 valence electrons. The zero-order valence-electron chi connectivity index (χ0n) is 21.5. The molecule has 0 aromatic rings. The smallest absolute Gasteiger partial charge is 0.408 e. The summed E-state index contributed by atoms with van der Waals surface area (Å²) in [4.78, 5) is 38.6. The predicted octanol–water partition coefficient (Wildman–Crippen LogP) is 0.953. The van der Waals surface area contributed by atoms with Crippen LogP contribution in [0, 0.1) is 0 Å². The van der Waals surface area contributed by atoms with Gasteiger partial charge in [-0.1, -0.05) is 25.0 Å². The van der Waals surface area contributed by atoms with Crippen molar-refractivity contribution in [2.75, 3.05) is 12.8 Å². The number of ether oxygens (including phenoxy) is 1. The molecule has 1 unspecified atom stereocenters. The molecule has 0 aromatic carbocycles. The van der Waals surface area contributed by atoms with E-state index in [1.54, 1.807) is 25.3 Å². The van der Waals surface area contributed by atoms with Crippen molar-refractivity contribution in [1.29, 1.82) is 0 Å². The molecular weight excluding hydrogens is 538 g/mol. The normalized spacial score (nSPS) is 32.4. The van der Waals surface area contributed by atoms with Crippen LogP contribution in [0.25, 0.3) is 0 Å². The fraction of sp³-hybridized carbons (Fsp3) is 0.720. The topological polar surface area (TPSA) is 169 Å². The third-order valence-corrected chi connectivity index (χ3v) is 8.44. The summed E-state index contributed by atoms with van der Waals surface area (Å²) in [6.45, 7) is 1.62. The number of nitrogens with zero attached hydrogens (tertiary/aromatic N) is 1. The van der Waals surface area contributed by atoms with E-state index in [1.807, 2.05) is 0 Å². The van der Waals surface area contributed by atoms with Crippen LogP contribution in [0.4, 0.5) is 4.79 Å². The number of hydrogen-bond acceptors (Lipinski definition) is 8. The summed E-state index contributed by atoms with van der Waals surface area (Å²) in [5.74, 6) is -0.838. The monoisotopic (exact) mass is 575 g/mol. The highest BCUT2D eigenvalue weighted by atomic mass is 35.5. The minimum Gasteiger partial charge on any atom is -0.465 e. The van der Waals surface area contributed by atoms with Gasteiger partial charge >= 0.3 is 6.09 Å². The first kappa shape index (κ1) is 30.7. The molecule has 2 aliphatic heterocycles. The fourth-order valence-electron chi connectivity index (χ4n) is 5.11. The van der Waals surface area contributed by atoms with Gasteiger partial charge < -0.3 is 35.8 Å². The Morgan fingerprint density at radius 3 is 2.47 bits per heavy atom. The Morgan fingerprint density at radius 2 is 1.87 bits per heavy atom. The largest absolute Gasteiger partial charge is 0.465 e. The summed E-state index contributed by atoms with van der Waals surface area (Å²) < 4.78 is 5.77. The minimum absolute atomic E-state index is 0.0386. The Morgan fingerprint density at radius 1 is 1.18 bits per heavy atom. The van der Waals surface area contributed by atoms with Crippen molar-refractivity contribution in [3.63, 3.8) is 0 Å². The van der Waals surface area contributed by atoms with Gasteiger partial charge in [0.15, 0.2) is 0 Å². The summed E-state index contributed by atoms with van der Waals surface area (Å²) >= 11 is 7.47. The number of nitrogens with one attached hydrogen (secondary N) is 2. The molecule has 11 nitrogen and oxygen atoms in total. The molecule has 1 saturated carbocycles. The van der Waals surface area contributed by atoms with Crippen molar-refractivity contribution in [2.24, 2.45) is 0 Å². The lowest BCUT2D eigenvalue weighted by molar-refractivity contribution is -0.205. The van der Waals surface area contributed by atoms with E-state index in [2.05, 4.69) is 10.6 Å². The summed E-state index contributed by atoms with van der Waals surface area (Å²) in [5, 5.41) is 45.7. The quantitative estimate of drug-likeness (QED) is 0.182. The number of aliphatic hydroxyl groups excluding tert-OH is 3. The van der Waals surface area contributed by atoms with E-state index in [0.717, 1.165) is 47.9 Å². The molecule has 2 heterocycles. The van der Waals surface area contributed by atoms with Gasteiger partial charge in [0.05, 0.1) is 11.4 Å². The molecule has 2 fully saturated rings. The predicted molar refractivity (Wildman–Crippen MR) is 143 cm³/mol. The van der Waals surface area contributed by atoms with E-state index in [4.69, 9.17) is 16.3 Å². The van der Waals surface area contributed by atoms with Crippen LogP contribution < -0.4 is 10.6 Å². The summed E-state index contributed by atoms with van der Waals surface area (Å²) in [7, 11) is 0. The molecule has 0 aromatic heterocycles. The maximum atomic E-state index is 13.4. The highest BCUT2D eigenvalue weighted by Gasteiger charge is 2.48. The van der Waals surface area contributed by atoms with Crippen LogP contribution in [0.1, 0.15) is 45.4 Å². The highest BCUT2D eigenvalue weighted by molar-refractivity contribution is 7.99. The first-order valence-corrected chi connectivity index (χ1v) is 14.6. The van der Waals surface area contributed by atoms with E-state index in [1.165, 1.54) is 6.08 Å². The number of thioether (sulfide) groups is 1. The van der Waals surface area contributed by atoms with E-state index >= 15 is 0 Å². The second-order valence-electron chi connectivity index (χ2n) is 9.97. The van der Waals surface area contributed by atoms with Gasteiger partial charge in [-0.25, -0.2) is 4.79 Å². The van der Waals surface area contributed by atoms with E-state index < -0.39 is 59.3 Å². The maximum Gasteiger partial charge on any atom is 0.408 e. The lowest BCUT2D eigenvalue weighted by Gasteiger charge is -2.44. The molecule has 0 spiro atoms. The zero-order chi connectivity index (χ0) is 28.0. The number of rotatable bonds is 8. The SMILES string of the molecule is CS[C@H]1O[C@H]([C@H](NC(=O)C2CC=C(/C=C/C(=O)NC3CCCC3)CCN2C(=O)O)[C@H](C)Cl)[C@H](O)[C@H](O)[C@H]1O. The Balaban J connectivity index is 1.71. The van der Waals surface area contributed by atoms with Gasteiger partial charge in [-0.15, -0.1) is 23.4 Å². The van der Waals surface area contributed by atoms with Gasteiger partial charge in [-0.2, -0.15) is 0 Å². The molecule has 0 bridgehead atoms. The summed E-state index contributed by atoms with van der Waals surface area (Å²) in [6.07, 6.45) is 4.22. The number of halogens is 1. The van der Waals surface area contributed by atoms with E-state index in [9.17, 15) is 34.8 Å². The fourth-order valence-corrected chi connectivity index (χ4v) is 6.00. The number of aliphatic hydroxyl groups is 3. The number of alkyl halides is 1. The molecule has 13 heteroatoms. The van der Waals surface area contributed by atoms with E-state index in [0.29, 0.717) is 6.42 Å². The van der Waals surface area contributed by atoms with Gasteiger partial charge in [0.25, 0.3) is 0 Å². The van der Waals surface area contributed by atoms with Crippen molar-refractivity contribution in [1.82, 2.24) is 15.5 Å². The first-order valence-electron chi connectivity index (χ1n) is 12.9. The molecule has 3 amide bonds. The van der Waals surface area contributed by atoms with Gasteiger partial charge in [-0.3, -0.25) is 14.5 Å². The van der Waals surface area contributed by atoms with Gasteiger partial charge in [0.1, 0.15) is 35.9 Å². The molecule has 3 rings (SSSR count). The number of carbonyl (C=O) groups is 3. The maximum absolute atomic E-state index is 13.4. The molecular formula is C25H38ClN3O8S. The highest BCUT2D eigenvalue weighted by Crippen LogP contribution is 2.30. The summed E-state index contributed by atoms with van der Waals surface area (Å²) in [6, 6.07) is -1.89. The molecule has 1 saturated heterocycles. The van der Waals surface area contributed by atoms with Crippen LogP contribution >= 0.6 is 23.4 Å². The molecule has 38 heavy (non-hydrogen) atoms. The average Bonchev–Trinajstić information content (AvgIpc) is 3.28. The Bertz CT molecular complexity index is 911. The summed E-state index contributed by atoms with van der Waals surface area (Å²) in [5.41, 5.74) is -0.119. The second kappa shape index (κ2) is 14.0. The lowest BCUT2D eigenvalue weighted by Crippen LogP contribution is -2.65. The van der Waals surface area contributed by atoms with Crippen molar-refractivity contribution >= 4 is 41.3 Å². The van der Waals surface area contributed by atoms with E-state index in [-0.39, 0.29) is 24.9 Å². The molecule has 3 aliphatic rings. The Hall–Kier alpha value is -1.83. The van der Waals surface area contributed by atoms with Crippen LogP contribution in [-0.4, -0.2) is 109 Å². The number of hydrogen-bond donors (Lipinski definition) is 6. The first-order chi connectivity index (χ1) is 18.0.